The molecule has 150 valence electrons. The van der Waals surface area contributed by atoms with Crippen molar-refractivity contribution in [1.29, 1.82) is 0 Å². The number of ether oxygens (including phenoxy) is 1. The van der Waals surface area contributed by atoms with Crippen molar-refractivity contribution < 1.29 is 20.1 Å². The maximum absolute atomic E-state index is 10.1. The minimum Gasteiger partial charge on any atom is -0.508 e. The minimum absolute atomic E-state index is 0.0288. The van der Waals surface area contributed by atoms with Crippen molar-refractivity contribution in [2.24, 2.45) is 0 Å². The summed E-state index contributed by atoms with van der Waals surface area (Å²) in [5.74, 6) is 1.16. The highest BCUT2D eigenvalue weighted by Gasteiger charge is 2.23. The number of hydrogen-bond donors (Lipinski definition) is 3. The maximum Gasteiger partial charge on any atom is 0.137 e. The van der Waals surface area contributed by atoms with Gasteiger partial charge in [0.05, 0.1) is 6.61 Å². The molecular weight excluding hydrogens is 378 g/mol. The molecule has 0 atom stereocenters. The quantitative estimate of drug-likeness (QED) is 0.465. The van der Waals surface area contributed by atoms with Gasteiger partial charge in [0.25, 0.3) is 0 Å². The van der Waals surface area contributed by atoms with Gasteiger partial charge in [-0.25, -0.2) is 0 Å². The van der Waals surface area contributed by atoms with E-state index in [1.165, 1.54) is 12.1 Å². The molecule has 30 heavy (non-hydrogen) atoms. The molecule has 0 radical (unpaired) electrons. The van der Waals surface area contributed by atoms with E-state index in [2.05, 4.69) is 18.2 Å². The summed E-state index contributed by atoms with van der Waals surface area (Å²) in [6, 6.07) is 19.2. The molecule has 0 amide bonds. The molecule has 0 spiro atoms. The van der Waals surface area contributed by atoms with Crippen molar-refractivity contribution >= 4 is 17.0 Å². The summed E-state index contributed by atoms with van der Waals surface area (Å²) in [7, 11) is 0. The zero-order chi connectivity index (χ0) is 20.7. The van der Waals surface area contributed by atoms with Crippen molar-refractivity contribution in [3.63, 3.8) is 0 Å². The number of aliphatic hydroxyl groups is 1. The molecule has 0 bridgehead atoms. The first-order valence-corrected chi connectivity index (χ1v) is 9.85. The molecule has 1 aliphatic rings. The number of allylic oxidation sites excluding steroid dienone is 1. The Hall–Kier alpha value is -3.70. The highest BCUT2D eigenvalue weighted by atomic mass is 16.5. The lowest BCUT2D eigenvalue weighted by atomic mass is 9.98. The van der Waals surface area contributed by atoms with Crippen molar-refractivity contribution in [2.45, 2.75) is 13.0 Å². The van der Waals surface area contributed by atoms with E-state index in [4.69, 9.17) is 4.74 Å². The Morgan fingerprint density at radius 1 is 1.00 bits per heavy atom. The van der Waals surface area contributed by atoms with E-state index in [9.17, 15) is 15.3 Å². The second-order valence-electron chi connectivity index (χ2n) is 7.40. The molecule has 4 aromatic rings. The van der Waals surface area contributed by atoms with E-state index in [1.54, 1.807) is 0 Å². The molecule has 3 N–H and O–H groups in total. The van der Waals surface area contributed by atoms with Gasteiger partial charge in [0.1, 0.15) is 23.0 Å². The number of benzene rings is 3. The lowest BCUT2D eigenvalue weighted by Crippen LogP contribution is -1.99. The standard InChI is InChI=1S/C25H21NO4/c27-10-9-26-15-17(11-19-14-21-23(29)12-18(28)13-24(21)30-19)25-20(7-4-8-22(25)26)16-5-2-1-3-6-16/h1-8,11-13,15,27-29H,9-10,14H2/b19-11-. The van der Waals surface area contributed by atoms with Crippen molar-refractivity contribution in [3.8, 4) is 28.4 Å². The van der Waals surface area contributed by atoms with Gasteiger partial charge in [-0.2, -0.15) is 0 Å². The lowest BCUT2D eigenvalue weighted by molar-refractivity contribution is 0.278. The fourth-order valence-corrected chi connectivity index (χ4v) is 4.14. The smallest absolute Gasteiger partial charge is 0.137 e. The molecule has 1 aliphatic heterocycles. The number of phenols is 2. The fraction of sp³-hybridized carbons (Fsp3) is 0.120. The van der Waals surface area contributed by atoms with Crippen LogP contribution in [0, 0.1) is 0 Å². The average Bonchev–Trinajstić information content (AvgIpc) is 3.31. The van der Waals surface area contributed by atoms with Crippen LogP contribution in [-0.4, -0.2) is 26.5 Å². The molecule has 3 aromatic carbocycles. The van der Waals surface area contributed by atoms with Crippen LogP contribution < -0.4 is 4.74 Å². The van der Waals surface area contributed by atoms with Gasteiger partial charge in [-0.1, -0.05) is 42.5 Å². The molecule has 0 saturated carbocycles. The SMILES string of the molecule is OCCn1cc(/C=C2/Cc3c(O)cc(O)cc3O2)c2c(-c3ccccc3)cccc21. The average molecular weight is 399 g/mol. The molecule has 0 aliphatic carbocycles. The largest absolute Gasteiger partial charge is 0.508 e. The summed E-state index contributed by atoms with van der Waals surface area (Å²) in [6.45, 7) is 0.540. The Bertz CT molecular complexity index is 1270. The fourth-order valence-electron chi connectivity index (χ4n) is 4.14. The van der Waals surface area contributed by atoms with E-state index >= 15 is 0 Å². The highest BCUT2D eigenvalue weighted by Crippen LogP contribution is 2.41. The van der Waals surface area contributed by atoms with Crippen LogP contribution in [0.2, 0.25) is 0 Å². The van der Waals surface area contributed by atoms with E-state index in [0.717, 1.165) is 27.6 Å². The van der Waals surface area contributed by atoms with Gasteiger partial charge in [-0.05, 0) is 23.3 Å². The number of aliphatic hydroxyl groups excluding tert-OH is 1. The maximum atomic E-state index is 10.1. The Kier molecular flexibility index (Phi) is 4.45. The van der Waals surface area contributed by atoms with Gasteiger partial charge in [0, 0.05) is 53.3 Å². The number of fused-ring (bicyclic) bond motifs is 2. The Labute approximate surface area is 173 Å². The zero-order valence-electron chi connectivity index (χ0n) is 16.2. The van der Waals surface area contributed by atoms with E-state index in [1.807, 2.05) is 47.2 Å². The Morgan fingerprint density at radius 2 is 1.83 bits per heavy atom. The van der Waals surface area contributed by atoms with Crippen LogP contribution in [-0.2, 0) is 13.0 Å². The van der Waals surface area contributed by atoms with Gasteiger partial charge >= 0.3 is 0 Å². The molecule has 5 rings (SSSR count). The third-order valence-electron chi connectivity index (χ3n) is 5.44. The monoisotopic (exact) mass is 399 g/mol. The number of phenolic OH excluding ortho intramolecular Hbond substituents is 2. The summed E-state index contributed by atoms with van der Waals surface area (Å²) < 4.78 is 7.96. The molecule has 0 fully saturated rings. The number of aromatic nitrogens is 1. The van der Waals surface area contributed by atoms with E-state index < -0.39 is 0 Å². The van der Waals surface area contributed by atoms with E-state index in [-0.39, 0.29) is 18.1 Å². The molecule has 5 nitrogen and oxygen atoms in total. The number of aromatic hydroxyl groups is 2. The van der Waals surface area contributed by atoms with Crippen molar-refractivity contribution in [1.82, 2.24) is 4.57 Å². The van der Waals surface area contributed by atoms with Crippen LogP contribution in [0.1, 0.15) is 11.1 Å². The molecular formula is C25H21NO4. The number of hydrogen-bond acceptors (Lipinski definition) is 4. The third kappa shape index (κ3) is 3.09. The summed E-state index contributed by atoms with van der Waals surface area (Å²) in [4.78, 5) is 0. The predicted molar refractivity (Wildman–Crippen MR) is 117 cm³/mol. The number of nitrogens with zero attached hydrogens (tertiary/aromatic N) is 1. The molecule has 0 saturated heterocycles. The Balaban J connectivity index is 1.66. The van der Waals surface area contributed by atoms with Gasteiger partial charge in [0.2, 0.25) is 0 Å². The second-order valence-corrected chi connectivity index (χ2v) is 7.40. The molecule has 5 heteroatoms. The van der Waals surface area contributed by atoms with Crippen LogP contribution in [0.4, 0.5) is 0 Å². The van der Waals surface area contributed by atoms with Gasteiger partial charge in [-0.3, -0.25) is 0 Å². The lowest BCUT2D eigenvalue weighted by Gasteiger charge is -2.07. The van der Waals surface area contributed by atoms with Crippen molar-refractivity contribution in [2.75, 3.05) is 6.61 Å². The van der Waals surface area contributed by atoms with Gasteiger partial charge < -0.3 is 24.6 Å². The highest BCUT2D eigenvalue weighted by molar-refractivity contribution is 6.01. The van der Waals surface area contributed by atoms with Gasteiger partial charge in [0.15, 0.2) is 0 Å². The second kappa shape index (κ2) is 7.28. The molecule has 2 heterocycles. The van der Waals surface area contributed by atoms with Crippen LogP contribution in [0.5, 0.6) is 17.2 Å². The third-order valence-corrected chi connectivity index (χ3v) is 5.44. The molecule has 1 aromatic heterocycles. The normalized spacial score (nSPS) is 14.2. The van der Waals surface area contributed by atoms with Crippen molar-refractivity contribution in [3.05, 3.63) is 83.7 Å². The first kappa shape index (κ1) is 18.3. The molecule has 0 unspecified atom stereocenters. The van der Waals surface area contributed by atoms with E-state index in [0.29, 0.717) is 30.0 Å². The number of rotatable bonds is 4. The summed E-state index contributed by atoms with van der Waals surface area (Å²) in [5.41, 5.74) is 4.90. The summed E-state index contributed by atoms with van der Waals surface area (Å²) in [6.07, 6.45) is 4.44. The summed E-state index contributed by atoms with van der Waals surface area (Å²) in [5, 5.41) is 30.5. The first-order chi connectivity index (χ1) is 14.6. The van der Waals surface area contributed by atoms with Crippen LogP contribution in [0.3, 0.4) is 0 Å². The van der Waals surface area contributed by atoms with Gasteiger partial charge in [-0.15, -0.1) is 0 Å². The summed E-state index contributed by atoms with van der Waals surface area (Å²) >= 11 is 0. The predicted octanol–water partition coefficient (Wildman–Crippen LogP) is 4.69. The van der Waals surface area contributed by atoms with Crippen LogP contribution in [0.25, 0.3) is 28.1 Å². The topological polar surface area (TPSA) is 74.9 Å². The van der Waals surface area contributed by atoms with Crippen LogP contribution >= 0.6 is 0 Å². The Morgan fingerprint density at radius 3 is 2.63 bits per heavy atom. The zero-order valence-corrected chi connectivity index (χ0v) is 16.2. The first-order valence-electron chi connectivity index (χ1n) is 9.85. The minimum atomic E-state index is -0.0292. The van der Waals surface area contributed by atoms with Crippen LogP contribution in [0.15, 0.2) is 72.6 Å².